The number of rotatable bonds is 4. The Bertz CT molecular complexity index is 222. The van der Waals surface area contributed by atoms with Gasteiger partial charge in [0, 0.05) is 23.5 Å². The maximum atomic E-state index is 5.28. The summed E-state index contributed by atoms with van der Waals surface area (Å²) < 4.78 is 5.20. The van der Waals surface area contributed by atoms with Gasteiger partial charge in [0.15, 0.2) is 0 Å². The molecule has 2 nitrogen and oxygen atoms in total. The first-order valence-electron chi connectivity index (χ1n) is 3.89. The summed E-state index contributed by atoms with van der Waals surface area (Å²) in [6.45, 7) is 3.23. The molecule has 0 heterocycles. The van der Waals surface area contributed by atoms with Crippen molar-refractivity contribution in [2.75, 3.05) is 13.2 Å². The number of aryl methyl sites for hydroxylation is 1. The Morgan fingerprint density at radius 3 is 2.58 bits per heavy atom. The molecule has 1 rings (SSSR count). The highest BCUT2D eigenvalue weighted by Crippen LogP contribution is 2.18. The minimum absolute atomic E-state index is 0.568. The van der Waals surface area contributed by atoms with Crippen molar-refractivity contribution in [1.82, 2.24) is 0 Å². The molecule has 12 heavy (non-hydrogen) atoms. The zero-order chi connectivity index (χ0) is 8.81. The van der Waals surface area contributed by atoms with E-state index < -0.39 is 0 Å². The van der Waals surface area contributed by atoms with E-state index in [1.54, 1.807) is 0 Å². The first-order valence-corrected chi connectivity index (χ1v) is 4.63. The summed E-state index contributed by atoms with van der Waals surface area (Å²) in [5.74, 6) is 0. The average molecular weight is 183 g/mol. The largest absolute Gasteiger partial charge is 0.328 e. The van der Waals surface area contributed by atoms with Crippen molar-refractivity contribution in [3.8, 4) is 0 Å². The lowest BCUT2D eigenvalue weighted by Crippen LogP contribution is -2.04. The Labute approximate surface area is 77.3 Å². The fourth-order valence-corrected chi connectivity index (χ4v) is 1.31. The van der Waals surface area contributed by atoms with Gasteiger partial charge in [0.2, 0.25) is 0 Å². The van der Waals surface area contributed by atoms with Crippen LogP contribution >= 0.6 is 12.0 Å². The van der Waals surface area contributed by atoms with E-state index in [9.17, 15) is 0 Å². The Morgan fingerprint density at radius 2 is 2.00 bits per heavy atom. The summed E-state index contributed by atoms with van der Waals surface area (Å²) in [6.07, 6.45) is 0. The van der Waals surface area contributed by atoms with Gasteiger partial charge in [-0.05, 0) is 19.1 Å². The predicted molar refractivity (Wildman–Crippen MR) is 52.0 cm³/mol. The molecule has 0 fully saturated rings. The van der Waals surface area contributed by atoms with E-state index in [-0.39, 0.29) is 0 Å². The lowest BCUT2D eigenvalue weighted by molar-refractivity contribution is 0.386. The predicted octanol–water partition coefficient (Wildman–Crippen LogP) is 1.98. The molecule has 0 aliphatic carbocycles. The second-order valence-electron chi connectivity index (χ2n) is 2.51. The molecule has 0 aliphatic heterocycles. The van der Waals surface area contributed by atoms with Crippen molar-refractivity contribution in [2.24, 2.45) is 5.73 Å². The van der Waals surface area contributed by atoms with Gasteiger partial charge in [-0.25, -0.2) is 0 Å². The zero-order valence-electron chi connectivity index (χ0n) is 7.12. The minimum atomic E-state index is 0.568. The molecule has 1 aromatic rings. The SMILES string of the molecule is Cc1ccc(SOCCN)cc1. The quantitative estimate of drug-likeness (QED) is 0.572. The number of nitrogens with two attached hydrogens (primary N) is 1. The van der Waals surface area contributed by atoms with Crippen LogP contribution in [0.25, 0.3) is 0 Å². The summed E-state index contributed by atoms with van der Waals surface area (Å²) in [5, 5.41) is 0. The van der Waals surface area contributed by atoms with E-state index in [4.69, 9.17) is 9.92 Å². The van der Waals surface area contributed by atoms with Crippen LogP contribution in [0.4, 0.5) is 0 Å². The molecule has 0 aromatic heterocycles. The third-order valence-corrected chi connectivity index (χ3v) is 2.13. The molecule has 0 radical (unpaired) electrons. The fourth-order valence-electron chi connectivity index (χ4n) is 0.752. The third kappa shape index (κ3) is 3.26. The van der Waals surface area contributed by atoms with E-state index in [0.717, 1.165) is 4.90 Å². The van der Waals surface area contributed by atoms with Crippen molar-refractivity contribution in [3.05, 3.63) is 29.8 Å². The van der Waals surface area contributed by atoms with E-state index in [1.165, 1.54) is 17.6 Å². The summed E-state index contributed by atoms with van der Waals surface area (Å²) in [4.78, 5) is 1.12. The molecular formula is C9H13NOS. The van der Waals surface area contributed by atoms with Crippen LogP contribution in [0.15, 0.2) is 29.2 Å². The molecule has 66 valence electrons. The third-order valence-electron chi connectivity index (χ3n) is 1.38. The van der Waals surface area contributed by atoms with Crippen molar-refractivity contribution in [3.63, 3.8) is 0 Å². The Kier molecular flexibility index (Phi) is 4.14. The van der Waals surface area contributed by atoms with Crippen LogP contribution in [0.3, 0.4) is 0 Å². The smallest absolute Gasteiger partial charge is 0.0741 e. The van der Waals surface area contributed by atoms with Crippen molar-refractivity contribution < 1.29 is 4.18 Å². The van der Waals surface area contributed by atoms with Gasteiger partial charge in [-0.3, -0.25) is 0 Å². The van der Waals surface area contributed by atoms with Crippen molar-refractivity contribution in [1.29, 1.82) is 0 Å². The van der Waals surface area contributed by atoms with E-state index in [0.29, 0.717) is 13.2 Å². The maximum Gasteiger partial charge on any atom is 0.0741 e. The average Bonchev–Trinajstić information content (AvgIpc) is 2.09. The molecule has 0 atom stereocenters. The zero-order valence-corrected chi connectivity index (χ0v) is 7.93. The monoisotopic (exact) mass is 183 g/mol. The lowest BCUT2D eigenvalue weighted by Gasteiger charge is -2.00. The first-order chi connectivity index (χ1) is 5.83. The molecule has 3 heteroatoms. The fraction of sp³-hybridized carbons (Fsp3) is 0.333. The highest BCUT2D eigenvalue weighted by atomic mass is 32.2. The molecule has 0 saturated heterocycles. The number of benzene rings is 1. The van der Waals surface area contributed by atoms with Crippen LogP contribution in [0.5, 0.6) is 0 Å². The van der Waals surface area contributed by atoms with Crippen LogP contribution in [-0.4, -0.2) is 13.2 Å². The molecule has 0 aliphatic rings. The summed E-state index contributed by atoms with van der Waals surface area (Å²) >= 11 is 1.37. The molecule has 1 aromatic carbocycles. The molecule has 0 amide bonds. The number of hydrogen-bond acceptors (Lipinski definition) is 3. The second-order valence-corrected chi connectivity index (χ2v) is 3.38. The van der Waals surface area contributed by atoms with Crippen LogP contribution in [-0.2, 0) is 4.18 Å². The molecule has 0 spiro atoms. The summed E-state index contributed by atoms with van der Waals surface area (Å²) in [5.41, 5.74) is 6.54. The van der Waals surface area contributed by atoms with Gasteiger partial charge in [-0.2, -0.15) is 0 Å². The summed E-state index contributed by atoms with van der Waals surface area (Å²) in [6, 6.07) is 8.20. The normalized spacial score (nSPS) is 10.2. The topological polar surface area (TPSA) is 35.2 Å². The van der Waals surface area contributed by atoms with Crippen molar-refractivity contribution in [2.45, 2.75) is 11.8 Å². The van der Waals surface area contributed by atoms with Crippen LogP contribution in [0, 0.1) is 6.92 Å². The highest BCUT2D eigenvalue weighted by molar-refractivity contribution is 7.94. The molecule has 2 N–H and O–H groups in total. The minimum Gasteiger partial charge on any atom is -0.328 e. The molecule has 0 unspecified atom stereocenters. The van der Waals surface area contributed by atoms with Gasteiger partial charge < -0.3 is 9.92 Å². The van der Waals surface area contributed by atoms with E-state index in [1.807, 2.05) is 12.1 Å². The van der Waals surface area contributed by atoms with Gasteiger partial charge in [-0.1, -0.05) is 17.7 Å². The standard InChI is InChI=1S/C9H13NOS/c1-8-2-4-9(5-3-8)12-11-7-6-10/h2-5H,6-7,10H2,1H3. The molecule has 0 saturated carbocycles. The highest BCUT2D eigenvalue weighted by Gasteiger charge is 1.92. The molecular weight excluding hydrogens is 170 g/mol. The van der Waals surface area contributed by atoms with Gasteiger partial charge in [-0.15, -0.1) is 0 Å². The first kappa shape index (κ1) is 9.58. The Hall–Kier alpha value is -0.510. The van der Waals surface area contributed by atoms with Gasteiger partial charge in [0.05, 0.1) is 6.61 Å². The molecule has 0 bridgehead atoms. The van der Waals surface area contributed by atoms with Gasteiger partial charge in [0.1, 0.15) is 0 Å². The van der Waals surface area contributed by atoms with Gasteiger partial charge in [0.25, 0.3) is 0 Å². The maximum absolute atomic E-state index is 5.28. The number of hydrogen-bond donors (Lipinski definition) is 1. The van der Waals surface area contributed by atoms with Gasteiger partial charge >= 0.3 is 0 Å². The Balaban J connectivity index is 2.37. The van der Waals surface area contributed by atoms with Crippen molar-refractivity contribution >= 4 is 12.0 Å². The van der Waals surface area contributed by atoms with Crippen LogP contribution < -0.4 is 5.73 Å². The Morgan fingerprint density at radius 1 is 1.33 bits per heavy atom. The summed E-state index contributed by atoms with van der Waals surface area (Å²) in [7, 11) is 0. The second kappa shape index (κ2) is 5.19. The van der Waals surface area contributed by atoms with E-state index in [2.05, 4.69) is 19.1 Å². The van der Waals surface area contributed by atoms with E-state index >= 15 is 0 Å². The van der Waals surface area contributed by atoms with Crippen LogP contribution in [0.1, 0.15) is 5.56 Å². The van der Waals surface area contributed by atoms with Crippen LogP contribution in [0.2, 0.25) is 0 Å². The lowest BCUT2D eigenvalue weighted by atomic mass is 10.2.